The minimum atomic E-state index is -3.58. The molecule has 2 aromatic carbocycles. The van der Waals surface area contributed by atoms with E-state index in [1.54, 1.807) is 12.3 Å². The van der Waals surface area contributed by atoms with Crippen molar-refractivity contribution in [1.82, 2.24) is 19.2 Å². The van der Waals surface area contributed by atoms with Crippen molar-refractivity contribution in [2.24, 2.45) is 13.0 Å². The number of rotatable bonds is 6. The Balaban J connectivity index is 1.46. The van der Waals surface area contributed by atoms with Gasteiger partial charge in [-0.2, -0.15) is 4.31 Å². The number of benzene rings is 2. The molecule has 1 aromatic heterocycles. The Morgan fingerprint density at radius 3 is 2.39 bits per heavy atom. The predicted molar refractivity (Wildman–Crippen MR) is 127 cm³/mol. The maximum absolute atomic E-state index is 13.2. The zero-order valence-electron chi connectivity index (χ0n) is 19.2. The van der Waals surface area contributed by atoms with E-state index < -0.39 is 10.0 Å². The van der Waals surface area contributed by atoms with Crippen LogP contribution in [0.1, 0.15) is 41.4 Å². The molecular weight excluding hydrogens is 436 g/mol. The van der Waals surface area contributed by atoms with Crippen LogP contribution in [0.15, 0.2) is 65.8 Å². The van der Waals surface area contributed by atoms with Crippen molar-refractivity contribution >= 4 is 15.9 Å². The first-order valence-corrected chi connectivity index (χ1v) is 12.6. The average molecular weight is 467 g/mol. The van der Waals surface area contributed by atoms with Gasteiger partial charge in [0.15, 0.2) is 0 Å². The molecule has 1 atom stereocenters. The Hall–Kier alpha value is -2.97. The molecule has 1 N–H and O–H groups in total. The van der Waals surface area contributed by atoms with Gasteiger partial charge in [0, 0.05) is 38.4 Å². The monoisotopic (exact) mass is 466 g/mol. The molecule has 3 aromatic rings. The van der Waals surface area contributed by atoms with Crippen molar-refractivity contribution < 1.29 is 13.2 Å². The van der Waals surface area contributed by atoms with Crippen molar-refractivity contribution in [3.05, 3.63) is 83.4 Å². The summed E-state index contributed by atoms with van der Waals surface area (Å²) in [5.41, 5.74) is 2.73. The number of carbonyl (C=O) groups is 1. The lowest BCUT2D eigenvalue weighted by atomic mass is 9.96. The average Bonchev–Trinajstić information content (AvgIpc) is 3.23. The summed E-state index contributed by atoms with van der Waals surface area (Å²) in [7, 11) is -1.67. The molecule has 0 radical (unpaired) electrons. The number of imidazole rings is 1. The maximum atomic E-state index is 13.2. The van der Waals surface area contributed by atoms with Gasteiger partial charge in [-0.3, -0.25) is 4.79 Å². The number of hydrogen-bond donors (Lipinski definition) is 1. The van der Waals surface area contributed by atoms with E-state index in [9.17, 15) is 13.2 Å². The minimum absolute atomic E-state index is 0.0737. The summed E-state index contributed by atoms with van der Waals surface area (Å²) < 4.78 is 29.7. The summed E-state index contributed by atoms with van der Waals surface area (Å²) in [4.78, 5) is 18.0. The third kappa shape index (κ3) is 4.86. The Kier molecular flexibility index (Phi) is 6.67. The van der Waals surface area contributed by atoms with Crippen molar-refractivity contribution in [2.45, 2.75) is 37.6 Å². The highest BCUT2D eigenvalue weighted by Gasteiger charge is 2.34. The van der Waals surface area contributed by atoms with Gasteiger partial charge in [0.05, 0.1) is 4.90 Å². The van der Waals surface area contributed by atoms with Crippen LogP contribution in [-0.4, -0.2) is 41.3 Å². The van der Waals surface area contributed by atoms with Crippen LogP contribution in [0.4, 0.5) is 0 Å². The fourth-order valence-electron chi connectivity index (χ4n) is 4.44. The summed E-state index contributed by atoms with van der Waals surface area (Å²) in [5, 5.41) is 3.16. The second kappa shape index (κ2) is 9.49. The van der Waals surface area contributed by atoms with Gasteiger partial charge >= 0.3 is 0 Å². The zero-order valence-corrected chi connectivity index (χ0v) is 20.0. The summed E-state index contributed by atoms with van der Waals surface area (Å²) >= 11 is 0. The molecule has 0 saturated carbocycles. The van der Waals surface area contributed by atoms with Crippen molar-refractivity contribution in [3.8, 4) is 0 Å². The molecule has 0 bridgehead atoms. The minimum Gasteiger partial charge on any atom is -0.342 e. The number of aromatic nitrogens is 2. The Morgan fingerprint density at radius 1 is 1.09 bits per heavy atom. The molecule has 33 heavy (non-hydrogen) atoms. The van der Waals surface area contributed by atoms with E-state index in [2.05, 4.69) is 10.3 Å². The zero-order chi connectivity index (χ0) is 23.6. The van der Waals surface area contributed by atoms with E-state index in [-0.39, 0.29) is 17.9 Å². The second-order valence-corrected chi connectivity index (χ2v) is 10.6. The number of nitrogens with one attached hydrogen (secondary N) is 1. The summed E-state index contributed by atoms with van der Waals surface area (Å²) in [6.45, 7) is 4.42. The molecule has 4 rings (SSSR count). The lowest BCUT2D eigenvalue weighted by Gasteiger charge is -2.32. The van der Waals surface area contributed by atoms with Crippen LogP contribution in [0.25, 0.3) is 0 Å². The first-order valence-electron chi connectivity index (χ1n) is 11.2. The Labute approximate surface area is 195 Å². The largest absolute Gasteiger partial charge is 0.342 e. The Morgan fingerprint density at radius 2 is 1.79 bits per heavy atom. The van der Waals surface area contributed by atoms with E-state index in [4.69, 9.17) is 0 Å². The molecule has 2 heterocycles. The fourth-order valence-corrected chi connectivity index (χ4v) is 6.12. The van der Waals surface area contributed by atoms with E-state index in [1.807, 2.05) is 74.1 Å². The molecule has 8 heteroatoms. The molecule has 0 aliphatic carbocycles. The molecule has 1 amide bonds. The highest BCUT2D eigenvalue weighted by Crippen LogP contribution is 2.28. The van der Waals surface area contributed by atoms with Gasteiger partial charge in [-0.25, -0.2) is 13.4 Å². The standard InChI is InChI=1S/C25H30N4O3S/c1-18-9-10-22(19(2)17-18)33(31,32)29-14-11-21(12-15-29)25(30)27-23(20-7-5-4-6-8-20)24-26-13-16-28(24)3/h4-10,13,16-17,21,23H,11-12,14-15H2,1-3H3,(H,27,30)/t23-/m1/s1. The van der Waals surface area contributed by atoms with Crippen LogP contribution >= 0.6 is 0 Å². The van der Waals surface area contributed by atoms with E-state index >= 15 is 0 Å². The van der Waals surface area contributed by atoms with Crippen LogP contribution in [0, 0.1) is 19.8 Å². The number of hydrogen-bond acceptors (Lipinski definition) is 4. The molecule has 0 spiro atoms. The number of piperidine rings is 1. The molecule has 1 aliphatic heterocycles. The molecule has 0 unspecified atom stereocenters. The van der Waals surface area contributed by atoms with E-state index in [1.165, 1.54) is 4.31 Å². The first kappa shape index (κ1) is 23.2. The van der Waals surface area contributed by atoms with Gasteiger partial charge in [-0.05, 0) is 43.9 Å². The van der Waals surface area contributed by atoms with Gasteiger partial charge in [0.2, 0.25) is 15.9 Å². The third-order valence-corrected chi connectivity index (χ3v) is 8.37. The van der Waals surface area contributed by atoms with Crippen molar-refractivity contribution in [2.75, 3.05) is 13.1 Å². The highest BCUT2D eigenvalue weighted by molar-refractivity contribution is 7.89. The SMILES string of the molecule is Cc1ccc(S(=O)(=O)N2CCC(C(=O)N[C@H](c3ccccc3)c3nccn3C)CC2)c(C)c1. The maximum Gasteiger partial charge on any atom is 0.243 e. The van der Waals surface area contributed by atoms with E-state index in [0.29, 0.717) is 30.8 Å². The molecule has 1 saturated heterocycles. The quantitative estimate of drug-likeness (QED) is 0.604. The number of sulfonamides is 1. The molecule has 1 fully saturated rings. The summed E-state index contributed by atoms with van der Waals surface area (Å²) in [5.74, 6) is 0.432. The van der Waals surface area contributed by atoms with E-state index in [0.717, 1.165) is 22.5 Å². The third-order valence-electron chi connectivity index (χ3n) is 6.31. The van der Waals surface area contributed by atoms with Gasteiger partial charge in [-0.1, -0.05) is 48.0 Å². The Bertz CT molecular complexity index is 1230. The molecular formula is C25H30N4O3S. The predicted octanol–water partition coefficient (Wildman–Crippen LogP) is 3.34. The van der Waals surface area contributed by atoms with Crippen molar-refractivity contribution in [1.29, 1.82) is 0 Å². The highest BCUT2D eigenvalue weighted by atomic mass is 32.2. The number of amides is 1. The second-order valence-electron chi connectivity index (χ2n) is 8.70. The van der Waals surface area contributed by atoms with Crippen LogP contribution in [0.3, 0.4) is 0 Å². The smallest absolute Gasteiger partial charge is 0.243 e. The van der Waals surface area contributed by atoms with Crippen molar-refractivity contribution in [3.63, 3.8) is 0 Å². The number of aryl methyl sites for hydroxylation is 3. The summed E-state index contributed by atoms with van der Waals surface area (Å²) in [6.07, 6.45) is 4.54. The van der Waals surface area contributed by atoms with Crippen LogP contribution in [0.2, 0.25) is 0 Å². The fraction of sp³-hybridized carbons (Fsp3) is 0.360. The van der Waals surface area contributed by atoms with Crippen LogP contribution in [0.5, 0.6) is 0 Å². The van der Waals surface area contributed by atoms with Gasteiger partial charge in [0.1, 0.15) is 11.9 Å². The molecule has 1 aliphatic rings. The van der Waals surface area contributed by atoms with Gasteiger partial charge in [0.25, 0.3) is 0 Å². The lowest BCUT2D eigenvalue weighted by Crippen LogP contribution is -2.44. The summed E-state index contributed by atoms with van der Waals surface area (Å²) in [6, 6.07) is 14.8. The first-order chi connectivity index (χ1) is 15.8. The molecule has 174 valence electrons. The lowest BCUT2D eigenvalue weighted by molar-refractivity contribution is -0.126. The van der Waals surface area contributed by atoms with Crippen LogP contribution < -0.4 is 5.32 Å². The normalized spacial score (nSPS) is 16.5. The topological polar surface area (TPSA) is 84.3 Å². The number of nitrogens with zero attached hydrogens (tertiary/aromatic N) is 3. The molecule has 7 nitrogen and oxygen atoms in total. The van der Waals surface area contributed by atoms with Gasteiger partial charge in [-0.15, -0.1) is 0 Å². The van der Waals surface area contributed by atoms with Gasteiger partial charge < -0.3 is 9.88 Å². The number of carbonyl (C=O) groups excluding carboxylic acids is 1. The van der Waals surface area contributed by atoms with Crippen LogP contribution in [-0.2, 0) is 21.9 Å².